The van der Waals surface area contributed by atoms with E-state index in [4.69, 9.17) is 14.7 Å². The zero-order chi connectivity index (χ0) is 25.0. The molecule has 10 heteroatoms. The van der Waals surface area contributed by atoms with Crippen LogP contribution in [-0.4, -0.2) is 75.0 Å². The van der Waals surface area contributed by atoms with Gasteiger partial charge in [0.25, 0.3) is 0 Å². The Morgan fingerprint density at radius 2 is 2.11 bits per heavy atom. The van der Waals surface area contributed by atoms with Crippen LogP contribution < -0.4 is 5.32 Å². The third kappa shape index (κ3) is 3.91. The van der Waals surface area contributed by atoms with Crippen molar-refractivity contribution < 1.29 is 14.3 Å². The lowest BCUT2D eigenvalue weighted by Gasteiger charge is -2.35. The molecule has 4 unspecified atom stereocenters. The number of rotatable bonds is 6. The van der Waals surface area contributed by atoms with Gasteiger partial charge in [-0.05, 0) is 26.2 Å². The SMILES string of the molecule is CCCc1cnc(Nc2cc(C)nc(C3CCN(C(=O)C4C5C=CC6(CN(C)C(=O)C46)O5)CC3)n2)s1. The topological polar surface area (TPSA) is 101 Å². The van der Waals surface area contributed by atoms with Crippen LogP contribution in [0.2, 0.25) is 0 Å². The van der Waals surface area contributed by atoms with Gasteiger partial charge in [-0.15, -0.1) is 11.3 Å². The second kappa shape index (κ2) is 8.92. The van der Waals surface area contributed by atoms with Crippen LogP contribution >= 0.6 is 11.3 Å². The van der Waals surface area contributed by atoms with Crippen LogP contribution in [0.3, 0.4) is 0 Å². The smallest absolute Gasteiger partial charge is 0.229 e. The molecule has 3 fully saturated rings. The lowest BCUT2D eigenvalue weighted by atomic mass is 9.76. The Labute approximate surface area is 215 Å². The number of anilines is 2. The van der Waals surface area contributed by atoms with Crippen LogP contribution in [0.15, 0.2) is 24.4 Å². The predicted molar refractivity (Wildman–Crippen MR) is 136 cm³/mol. The number of hydrogen-bond donors (Lipinski definition) is 1. The number of likely N-dealkylation sites (tertiary alicyclic amines) is 2. The number of hydrogen-bond acceptors (Lipinski definition) is 8. The minimum atomic E-state index is -0.622. The maximum absolute atomic E-state index is 13.6. The number of piperidine rings is 1. The van der Waals surface area contributed by atoms with Gasteiger partial charge in [-0.1, -0.05) is 25.5 Å². The molecular weight excluding hydrogens is 476 g/mol. The summed E-state index contributed by atoms with van der Waals surface area (Å²) in [5.74, 6) is 0.985. The standard InChI is InChI=1S/C26H32N6O3S/c1-4-5-17-13-27-25(36-17)30-19-12-15(2)28-22(29-19)16-7-10-32(11-8-16)23(33)20-18-6-9-26(35-18)14-31(3)24(34)21(20)26/h6,9,12-13,16,18,20-21H,4-5,7-8,10-11,14H2,1-3H3,(H,27,28,29,30). The molecule has 0 saturated carbocycles. The second-order valence-electron chi connectivity index (χ2n) is 10.5. The number of carbonyl (C=O) groups is 2. The minimum Gasteiger partial charge on any atom is -0.360 e. The Bertz CT molecular complexity index is 1220. The Morgan fingerprint density at radius 3 is 2.89 bits per heavy atom. The lowest BCUT2D eigenvalue weighted by Crippen LogP contribution is -2.48. The minimum absolute atomic E-state index is 0.0188. The summed E-state index contributed by atoms with van der Waals surface area (Å²) < 4.78 is 6.18. The maximum Gasteiger partial charge on any atom is 0.229 e. The Hall–Kier alpha value is -2.85. The van der Waals surface area contributed by atoms with Crippen molar-refractivity contribution >= 4 is 34.1 Å². The van der Waals surface area contributed by atoms with Gasteiger partial charge in [-0.2, -0.15) is 0 Å². The number of aryl methyl sites for hydroxylation is 2. The van der Waals surface area contributed by atoms with E-state index in [2.05, 4.69) is 17.2 Å². The Balaban J connectivity index is 1.12. The zero-order valence-electron chi connectivity index (χ0n) is 20.9. The predicted octanol–water partition coefficient (Wildman–Crippen LogP) is 3.06. The number of thiazole rings is 1. The summed E-state index contributed by atoms with van der Waals surface area (Å²) in [6, 6.07) is 1.94. The van der Waals surface area contributed by atoms with Crippen molar-refractivity contribution in [2.45, 2.75) is 57.2 Å². The monoisotopic (exact) mass is 508 g/mol. The molecule has 0 radical (unpaired) electrons. The van der Waals surface area contributed by atoms with Crippen LogP contribution in [0, 0.1) is 18.8 Å². The van der Waals surface area contributed by atoms with Crippen molar-refractivity contribution in [2.24, 2.45) is 11.8 Å². The number of nitrogens with zero attached hydrogens (tertiary/aromatic N) is 5. The molecule has 2 aromatic rings. The third-order valence-corrected chi connectivity index (χ3v) is 8.88. The highest BCUT2D eigenvalue weighted by Gasteiger charge is 2.66. The summed E-state index contributed by atoms with van der Waals surface area (Å²) in [5.41, 5.74) is 0.286. The van der Waals surface area contributed by atoms with Crippen LogP contribution in [0.25, 0.3) is 0 Å². The van der Waals surface area contributed by atoms with Crippen LogP contribution in [0.5, 0.6) is 0 Å². The van der Waals surface area contributed by atoms with Crippen molar-refractivity contribution in [1.29, 1.82) is 0 Å². The van der Waals surface area contributed by atoms with E-state index < -0.39 is 17.4 Å². The van der Waals surface area contributed by atoms with Crippen molar-refractivity contribution in [3.8, 4) is 0 Å². The molecule has 1 spiro atoms. The van der Waals surface area contributed by atoms with Gasteiger partial charge < -0.3 is 19.9 Å². The first-order valence-electron chi connectivity index (χ1n) is 12.8. The Morgan fingerprint density at radius 1 is 1.31 bits per heavy atom. The van der Waals surface area contributed by atoms with Crippen molar-refractivity contribution in [1.82, 2.24) is 24.8 Å². The van der Waals surface area contributed by atoms with E-state index in [-0.39, 0.29) is 23.8 Å². The van der Waals surface area contributed by atoms with E-state index in [1.165, 1.54) is 4.88 Å². The van der Waals surface area contributed by atoms with Gasteiger partial charge in [-0.25, -0.2) is 15.0 Å². The first-order chi connectivity index (χ1) is 17.4. The van der Waals surface area contributed by atoms with E-state index in [1.807, 2.05) is 36.2 Å². The first-order valence-corrected chi connectivity index (χ1v) is 13.7. The van der Waals surface area contributed by atoms with E-state index >= 15 is 0 Å². The number of carbonyl (C=O) groups excluding carboxylic acids is 2. The maximum atomic E-state index is 13.6. The highest BCUT2D eigenvalue weighted by molar-refractivity contribution is 7.15. The molecule has 3 saturated heterocycles. The Kier molecular flexibility index (Phi) is 5.83. The fraction of sp³-hybridized carbons (Fsp3) is 0.577. The first kappa shape index (κ1) is 23.5. The second-order valence-corrected chi connectivity index (χ2v) is 11.6. The fourth-order valence-electron chi connectivity index (χ4n) is 6.22. The summed E-state index contributed by atoms with van der Waals surface area (Å²) in [5, 5.41) is 4.19. The molecule has 36 heavy (non-hydrogen) atoms. The molecule has 6 heterocycles. The van der Waals surface area contributed by atoms with Gasteiger partial charge in [0.2, 0.25) is 11.8 Å². The summed E-state index contributed by atoms with van der Waals surface area (Å²) in [7, 11) is 1.79. The van der Waals surface area contributed by atoms with Crippen LogP contribution in [-0.2, 0) is 20.7 Å². The molecule has 2 aromatic heterocycles. The molecule has 190 valence electrons. The van der Waals surface area contributed by atoms with Crippen molar-refractivity contribution in [3.05, 3.63) is 40.8 Å². The molecular formula is C26H32N6O3S. The summed E-state index contributed by atoms with van der Waals surface area (Å²) in [6.45, 7) is 5.93. The van der Waals surface area contributed by atoms with Gasteiger partial charge >= 0.3 is 0 Å². The molecule has 4 aliphatic rings. The summed E-state index contributed by atoms with van der Waals surface area (Å²) >= 11 is 1.66. The lowest BCUT2D eigenvalue weighted by molar-refractivity contribution is -0.143. The van der Waals surface area contributed by atoms with Crippen molar-refractivity contribution in [3.63, 3.8) is 0 Å². The van der Waals surface area contributed by atoms with Crippen LogP contribution in [0.1, 0.15) is 48.5 Å². The van der Waals surface area contributed by atoms with E-state index in [9.17, 15) is 9.59 Å². The quantitative estimate of drug-likeness (QED) is 0.599. The van der Waals surface area contributed by atoms with Gasteiger partial charge in [-0.3, -0.25) is 9.59 Å². The van der Waals surface area contributed by atoms with Crippen molar-refractivity contribution in [2.75, 3.05) is 32.0 Å². The van der Waals surface area contributed by atoms with Gasteiger partial charge in [0.05, 0.1) is 24.5 Å². The van der Waals surface area contributed by atoms with E-state index in [0.29, 0.717) is 19.6 Å². The average Bonchev–Trinajstić information content (AvgIpc) is 3.61. The van der Waals surface area contributed by atoms with E-state index in [0.717, 1.165) is 48.2 Å². The molecule has 4 aliphatic heterocycles. The normalized spacial score (nSPS) is 29.3. The number of aromatic nitrogens is 3. The molecule has 4 atom stereocenters. The average molecular weight is 509 g/mol. The zero-order valence-corrected chi connectivity index (χ0v) is 21.8. The number of ether oxygens (including phenoxy) is 1. The molecule has 9 nitrogen and oxygen atoms in total. The number of fused-ring (bicyclic) bond motifs is 1. The molecule has 2 amide bonds. The molecule has 0 aromatic carbocycles. The van der Waals surface area contributed by atoms with Gasteiger partial charge in [0.1, 0.15) is 17.2 Å². The summed E-state index contributed by atoms with van der Waals surface area (Å²) in [6.07, 6.45) is 9.32. The number of nitrogens with one attached hydrogen (secondary N) is 1. The summed E-state index contributed by atoms with van der Waals surface area (Å²) in [4.78, 5) is 45.3. The van der Waals surface area contributed by atoms with Gasteiger partial charge in [0.15, 0.2) is 5.13 Å². The molecule has 0 aliphatic carbocycles. The molecule has 1 N–H and O–H groups in total. The van der Waals surface area contributed by atoms with Gasteiger partial charge in [0, 0.05) is 48.9 Å². The number of amides is 2. The van der Waals surface area contributed by atoms with Crippen LogP contribution in [0.4, 0.5) is 10.9 Å². The van der Waals surface area contributed by atoms with E-state index in [1.54, 1.807) is 23.3 Å². The largest absolute Gasteiger partial charge is 0.360 e. The highest BCUT2D eigenvalue weighted by atomic mass is 32.1. The molecule has 2 bridgehead atoms. The fourth-order valence-corrected chi connectivity index (χ4v) is 7.14. The third-order valence-electron chi connectivity index (χ3n) is 7.90. The molecule has 6 rings (SSSR count). The highest BCUT2D eigenvalue weighted by Crippen LogP contribution is 2.52. The number of likely N-dealkylation sites (N-methyl/N-ethyl adjacent to an activating group) is 1.